The lowest BCUT2D eigenvalue weighted by Crippen LogP contribution is -2.29. The Morgan fingerprint density at radius 1 is 1.06 bits per heavy atom. The lowest BCUT2D eigenvalue weighted by molar-refractivity contribution is -0.121. The van der Waals surface area contributed by atoms with Crippen molar-refractivity contribution in [1.82, 2.24) is 20.1 Å². The molecule has 1 amide bonds. The van der Waals surface area contributed by atoms with Gasteiger partial charge in [0.2, 0.25) is 5.91 Å². The monoisotopic (exact) mass is 448 g/mol. The summed E-state index contributed by atoms with van der Waals surface area (Å²) in [5.74, 6) is 1.50. The van der Waals surface area contributed by atoms with Gasteiger partial charge in [0.05, 0.1) is 6.04 Å². The van der Waals surface area contributed by atoms with Crippen molar-refractivity contribution in [2.75, 3.05) is 5.75 Å². The third kappa shape index (κ3) is 5.06. The van der Waals surface area contributed by atoms with Crippen LogP contribution in [0, 0.1) is 6.92 Å². The lowest BCUT2D eigenvalue weighted by Gasteiger charge is -2.18. The van der Waals surface area contributed by atoms with E-state index in [-0.39, 0.29) is 11.9 Å². The quantitative estimate of drug-likeness (QED) is 0.375. The van der Waals surface area contributed by atoms with Crippen LogP contribution < -0.4 is 5.32 Å². The predicted molar refractivity (Wildman–Crippen MR) is 127 cm³/mol. The Bertz CT molecular complexity index is 1140. The molecule has 0 aliphatic heterocycles. The van der Waals surface area contributed by atoms with Gasteiger partial charge in [0, 0.05) is 29.7 Å². The number of hydrogen-bond acceptors (Lipinski definition) is 5. The number of nitrogens with zero attached hydrogens (tertiary/aromatic N) is 3. The van der Waals surface area contributed by atoms with Crippen molar-refractivity contribution >= 4 is 29.0 Å². The second-order valence-electron chi connectivity index (χ2n) is 7.21. The maximum Gasteiger partial charge on any atom is 0.221 e. The highest BCUT2D eigenvalue weighted by molar-refractivity contribution is 7.99. The minimum Gasteiger partial charge on any atom is -0.344 e. The fraction of sp³-hybridized carbons (Fsp3) is 0.208. The van der Waals surface area contributed by atoms with E-state index in [1.807, 2.05) is 65.5 Å². The van der Waals surface area contributed by atoms with E-state index in [1.54, 1.807) is 23.1 Å². The standard InChI is InChI=1S/C24H24N4OS2/c1-17-9-6-7-12-19(17)23-26-27-24(28(23)2)31-16-14-21(29)25-22(20-13-8-15-30-20)18-10-4-3-5-11-18/h3-13,15,22H,14,16H2,1-2H3,(H,25,29). The summed E-state index contributed by atoms with van der Waals surface area (Å²) < 4.78 is 1.99. The zero-order valence-corrected chi connectivity index (χ0v) is 19.1. The van der Waals surface area contributed by atoms with Crippen LogP contribution in [0.25, 0.3) is 11.4 Å². The molecule has 2 aromatic carbocycles. The van der Waals surface area contributed by atoms with Gasteiger partial charge in [-0.25, -0.2) is 0 Å². The molecule has 1 atom stereocenters. The van der Waals surface area contributed by atoms with Crippen LogP contribution in [0.2, 0.25) is 0 Å². The van der Waals surface area contributed by atoms with Crippen molar-refractivity contribution in [1.29, 1.82) is 0 Å². The van der Waals surface area contributed by atoms with E-state index in [2.05, 4.69) is 40.6 Å². The molecule has 2 aromatic heterocycles. The molecule has 4 rings (SSSR count). The van der Waals surface area contributed by atoms with E-state index in [9.17, 15) is 4.79 Å². The zero-order valence-electron chi connectivity index (χ0n) is 17.5. The first-order valence-electron chi connectivity index (χ1n) is 10.1. The first-order valence-corrected chi connectivity index (χ1v) is 12.0. The molecule has 0 fully saturated rings. The van der Waals surface area contributed by atoms with Crippen LogP contribution in [0.15, 0.2) is 77.3 Å². The van der Waals surface area contributed by atoms with Gasteiger partial charge in [0.15, 0.2) is 11.0 Å². The van der Waals surface area contributed by atoms with E-state index < -0.39 is 0 Å². The van der Waals surface area contributed by atoms with Crippen LogP contribution in [0.4, 0.5) is 0 Å². The Morgan fingerprint density at radius 3 is 2.58 bits per heavy atom. The normalized spacial score (nSPS) is 11.9. The van der Waals surface area contributed by atoms with Gasteiger partial charge in [0.1, 0.15) is 0 Å². The smallest absolute Gasteiger partial charge is 0.221 e. The predicted octanol–water partition coefficient (Wildman–Crippen LogP) is 5.24. The number of carbonyl (C=O) groups excluding carboxylic acids is 1. The summed E-state index contributed by atoms with van der Waals surface area (Å²) in [7, 11) is 1.96. The largest absolute Gasteiger partial charge is 0.344 e. The van der Waals surface area contributed by atoms with Crippen molar-refractivity contribution in [3.8, 4) is 11.4 Å². The molecule has 158 valence electrons. The molecule has 4 aromatic rings. The van der Waals surface area contributed by atoms with Crippen molar-refractivity contribution in [3.63, 3.8) is 0 Å². The number of amides is 1. The third-order valence-corrected chi connectivity index (χ3v) is 7.01. The molecular formula is C24H24N4OS2. The van der Waals surface area contributed by atoms with E-state index in [4.69, 9.17) is 0 Å². The fourth-order valence-electron chi connectivity index (χ4n) is 3.39. The summed E-state index contributed by atoms with van der Waals surface area (Å²) in [4.78, 5) is 13.8. The Morgan fingerprint density at radius 2 is 1.84 bits per heavy atom. The molecule has 0 saturated heterocycles. The average molecular weight is 449 g/mol. The van der Waals surface area contributed by atoms with Gasteiger partial charge < -0.3 is 9.88 Å². The van der Waals surface area contributed by atoms with E-state index >= 15 is 0 Å². The minimum atomic E-state index is -0.124. The fourth-order valence-corrected chi connectivity index (χ4v) is 5.04. The number of benzene rings is 2. The number of aryl methyl sites for hydroxylation is 1. The van der Waals surface area contributed by atoms with Crippen molar-refractivity contribution in [2.45, 2.75) is 24.5 Å². The van der Waals surface area contributed by atoms with Crippen molar-refractivity contribution < 1.29 is 4.79 Å². The number of thiophene rings is 1. The molecule has 31 heavy (non-hydrogen) atoms. The topological polar surface area (TPSA) is 59.8 Å². The number of thioether (sulfide) groups is 1. The molecule has 0 aliphatic carbocycles. The summed E-state index contributed by atoms with van der Waals surface area (Å²) in [6, 6.07) is 22.2. The summed E-state index contributed by atoms with van der Waals surface area (Å²) >= 11 is 3.20. The molecule has 0 radical (unpaired) electrons. The van der Waals surface area contributed by atoms with Gasteiger partial charge in [-0.1, -0.05) is 72.4 Å². The maximum atomic E-state index is 12.7. The molecule has 0 spiro atoms. The summed E-state index contributed by atoms with van der Waals surface area (Å²) in [5.41, 5.74) is 3.32. The highest BCUT2D eigenvalue weighted by Crippen LogP contribution is 2.27. The molecule has 7 heteroatoms. The number of rotatable bonds is 8. The molecule has 1 unspecified atom stereocenters. The SMILES string of the molecule is Cc1ccccc1-c1nnc(SCCC(=O)NC(c2ccccc2)c2cccs2)n1C. The van der Waals surface area contributed by atoms with Gasteiger partial charge in [-0.15, -0.1) is 21.5 Å². The van der Waals surface area contributed by atoms with Gasteiger partial charge in [0.25, 0.3) is 0 Å². The second kappa shape index (κ2) is 9.94. The lowest BCUT2D eigenvalue weighted by atomic mass is 10.1. The number of carbonyl (C=O) groups is 1. The van der Waals surface area contributed by atoms with Gasteiger partial charge in [-0.2, -0.15) is 0 Å². The van der Waals surface area contributed by atoms with E-state index in [1.165, 1.54) is 0 Å². The molecule has 2 heterocycles. The Balaban J connectivity index is 1.38. The van der Waals surface area contributed by atoms with Gasteiger partial charge in [-0.05, 0) is 29.5 Å². The molecule has 1 N–H and O–H groups in total. The molecule has 0 aliphatic rings. The minimum absolute atomic E-state index is 0.0241. The summed E-state index contributed by atoms with van der Waals surface area (Å²) in [6.07, 6.45) is 0.409. The summed E-state index contributed by atoms with van der Waals surface area (Å²) in [6.45, 7) is 2.07. The molecule has 0 saturated carbocycles. The highest BCUT2D eigenvalue weighted by atomic mass is 32.2. The van der Waals surface area contributed by atoms with Crippen LogP contribution in [-0.4, -0.2) is 26.4 Å². The van der Waals surface area contributed by atoms with Crippen molar-refractivity contribution in [2.24, 2.45) is 7.05 Å². The van der Waals surface area contributed by atoms with E-state index in [0.29, 0.717) is 12.2 Å². The molecule has 0 bridgehead atoms. The van der Waals surface area contributed by atoms with Crippen LogP contribution in [-0.2, 0) is 11.8 Å². The van der Waals surface area contributed by atoms with Crippen LogP contribution in [0.3, 0.4) is 0 Å². The number of hydrogen-bond donors (Lipinski definition) is 1. The Labute approximate surface area is 190 Å². The number of aromatic nitrogens is 3. The second-order valence-corrected chi connectivity index (χ2v) is 9.25. The summed E-state index contributed by atoms with van der Waals surface area (Å²) in [5, 5.41) is 14.7. The van der Waals surface area contributed by atoms with Gasteiger partial charge >= 0.3 is 0 Å². The van der Waals surface area contributed by atoms with E-state index in [0.717, 1.165) is 32.5 Å². The van der Waals surface area contributed by atoms with Crippen LogP contribution in [0.1, 0.15) is 28.5 Å². The Hall–Kier alpha value is -2.90. The first kappa shape index (κ1) is 21.3. The van der Waals surface area contributed by atoms with Crippen LogP contribution >= 0.6 is 23.1 Å². The number of nitrogens with one attached hydrogen (secondary N) is 1. The van der Waals surface area contributed by atoms with Gasteiger partial charge in [-0.3, -0.25) is 4.79 Å². The molecular weight excluding hydrogens is 424 g/mol. The third-order valence-electron chi connectivity index (χ3n) is 5.05. The highest BCUT2D eigenvalue weighted by Gasteiger charge is 2.18. The van der Waals surface area contributed by atoms with Crippen molar-refractivity contribution in [3.05, 3.63) is 88.1 Å². The Kier molecular flexibility index (Phi) is 6.84. The average Bonchev–Trinajstić information content (AvgIpc) is 3.44. The van der Waals surface area contributed by atoms with Crippen LogP contribution in [0.5, 0.6) is 0 Å². The first-order chi connectivity index (χ1) is 15.1. The molecule has 5 nitrogen and oxygen atoms in total. The zero-order chi connectivity index (χ0) is 21.6. The maximum absolute atomic E-state index is 12.7.